The van der Waals surface area contributed by atoms with Gasteiger partial charge < -0.3 is 9.88 Å². The molecule has 21 heavy (non-hydrogen) atoms. The van der Waals surface area contributed by atoms with E-state index in [2.05, 4.69) is 25.2 Å². The first-order valence-electron chi connectivity index (χ1n) is 7.34. The molecule has 0 saturated carbocycles. The van der Waals surface area contributed by atoms with E-state index in [1.807, 2.05) is 14.0 Å². The number of aromatic nitrogens is 5. The lowest BCUT2D eigenvalue weighted by Gasteiger charge is -2.08. The third kappa shape index (κ3) is 2.68. The smallest absolute Gasteiger partial charge is 0.255 e. The first-order valence-corrected chi connectivity index (χ1v) is 7.34. The van der Waals surface area contributed by atoms with Gasteiger partial charge in [-0.25, -0.2) is 0 Å². The van der Waals surface area contributed by atoms with Crippen LogP contribution in [0.5, 0.6) is 0 Å². The van der Waals surface area contributed by atoms with Gasteiger partial charge in [0.15, 0.2) is 5.82 Å². The number of fused-ring (bicyclic) bond motifs is 1. The molecule has 0 saturated heterocycles. The van der Waals surface area contributed by atoms with Gasteiger partial charge in [0, 0.05) is 25.7 Å². The van der Waals surface area contributed by atoms with E-state index in [0.29, 0.717) is 12.1 Å². The second-order valence-corrected chi connectivity index (χ2v) is 5.44. The quantitative estimate of drug-likeness (QED) is 0.913. The Morgan fingerprint density at radius 2 is 2.19 bits per heavy atom. The molecule has 3 rings (SSSR count). The molecule has 7 heteroatoms. The van der Waals surface area contributed by atoms with E-state index in [-0.39, 0.29) is 5.91 Å². The second-order valence-electron chi connectivity index (χ2n) is 5.44. The third-order valence-electron chi connectivity index (χ3n) is 4.07. The van der Waals surface area contributed by atoms with Gasteiger partial charge in [0.1, 0.15) is 5.82 Å². The largest absolute Gasteiger partial charge is 0.345 e. The van der Waals surface area contributed by atoms with Crippen molar-refractivity contribution >= 4 is 5.91 Å². The highest BCUT2D eigenvalue weighted by Crippen LogP contribution is 2.14. The van der Waals surface area contributed by atoms with Gasteiger partial charge in [-0.1, -0.05) is 6.42 Å². The lowest BCUT2D eigenvalue weighted by Crippen LogP contribution is -2.25. The van der Waals surface area contributed by atoms with Crippen molar-refractivity contribution in [2.45, 2.75) is 45.7 Å². The molecule has 112 valence electrons. The number of carbonyl (C=O) groups excluding carboxylic acids is 1. The molecule has 0 bridgehead atoms. The molecule has 1 aliphatic rings. The fraction of sp³-hybridized carbons (Fsp3) is 0.571. The molecular formula is C14H20N6O. The van der Waals surface area contributed by atoms with Crippen LogP contribution in [0.4, 0.5) is 0 Å². The van der Waals surface area contributed by atoms with E-state index in [1.165, 1.54) is 12.8 Å². The Labute approximate surface area is 123 Å². The van der Waals surface area contributed by atoms with Gasteiger partial charge >= 0.3 is 0 Å². The number of hydrogen-bond acceptors (Lipinski definition) is 4. The second kappa shape index (κ2) is 5.67. The molecule has 0 aliphatic carbocycles. The minimum absolute atomic E-state index is 0.119. The van der Waals surface area contributed by atoms with E-state index in [9.17, 15) is 4.79 Å². The van der Waals surface area contributed by atoms with Gasteiger partial charge in [0.25, 0.3) is 5.91 Å². The van der Waals surface area contributed by atoms with Gasteiger partial charge in [-0.15, -0.1) is 10.2 Å². The van der Waals surface area contributed by atoms with Gasteiger partial charge in [-0.3, -0.25) is 9.48 Å². The molecule has 1 amide bonds. The molecule has 0 atom stereocenters. The van der Waals surface area contributed by atoms with Gasteiger partial charge in [0.05, 0.1) is 18.3 Å². The van der Waals surface area contributed by atoms with Crippen LogP contribution in [0.15, 0.2) is 6.20 Å². The van der Waals surface area contributed by atoms with Crippen LogP contribution in [0.25, 0.3) is 0 Å². The number of nitrogens with one attached hydrogen (secondary N) is 1. The van der Waals surface area contributed by atoms with E-state index >= 15 is 0 Å². The van der Waals surface area contributed by atoms with Crippen molar-refractivity contribution in [3.8, 4) is 0 Å². The average Bonchev–Trinajstić information content (AvgIpc) is 2.92. The van der Waals surface area contributed by atoms with Crippen molar-refractivity contribution < 1.29 is 4.79 Å². The fourth-order valence-electron chi connectivity index (χ4n) is 2.65. The molecule has 1 N–H and O–H groups in total. The van der Waals surface area contributed by atoms with E-state index < -0.39 is 0 Å². The molecule has 2 aromatic rings. The number of aryl methyl sites for hydroxylation is 2. The zero-order chi connectivity index (χ0) is 14.8. The zero-order valence-electron chi connectivity index (χ0n) is 12.5. The van der Waals surface area contributed by atoms with Crippen molar-refractivity contribution in [3.63, 3.8) is 0 Å². The Hall–Kier alpha value is -2.18. The molecular weight excluding hydrogens is 268 g/mol. The molecule has 0 fully saturated rings. The minimum atomic E-state index is -0.119. The highest BCUT2D eigenvalue weighted by molar-refractivity contribution is 5.94. The summed E-state index contributed by atoms with van der Waals surface area (Å²) in [6, 6.07) is 0. The predicted octanol–water partition coefficient (Wildman–Crippen LogP) is 0.976. The van der Waals surface area contributed by atoms with E-state index in [0.717, 1.165) is 36.7 Å². The Kier molecular flexibility index (Phi) is 3.72. The summed E-state index contributed by atoms with van der Waals surface area (Å²) in [5, 5.41) is 15.4. The first kappa shape index (κ1) is 13.8. The maximum absolute atomic E-state index is 12.2. The summed E-state index contributed by atoms with van der Waals surface area (Å²) in [4.78, 5) is 12.2. The van der Waals surface area contributed by atoms with Crippen LogP contribution in [-0.4, -0.2) is 30.5 Å². The van der Waals surface area contributed by atoms with Crippen LogP contribution >= 0.6 is 0 Å². The Balaban J connectivity index is 1.69. The maximum atomic E-state index is 12.2. The third-order valence-corrected chi connectivity index (χ3v) is 4.07. The zero-order valence-corrected chi connectivity index (χ0v) is 12.5. The molecule has 0 radical (unpaired) electrons. The summed E-state index contributed by atoms with van der Waals surface area (Å²) in [5.41, 5.74) is 1.46. The molecule has 0 unspecified atom stereocenters. The lowest BCUT2D eigenvalue weighted by atomic mass is 10.2. The molecule has 1 aliphatic heterocycles. The van der Waals surface area contributed by atoms with E-state index in [1.54, 1.807) is 10.9 Å². The summed E-state index contributed by atoms with van der Waals surface area (Å²) in [6.07, 6.45) is 6.11. The number of rotatable bonds is 3. The Morgan fingerprint density at radius 1 is 1.33 bits per heavy atom. The monoisotopic (exact) mass is 288 g/mol. The maximum Gasteiger partial charge on any atom is 0.255 e. The molecule has 0 spiro atoms. The Bertz CT molecular complexity index is 656. The van der Waals surface area contributed by atoms with Crippen molar-refractivity contribution in [3.05, 3.63) is 29.1 Å². The minimum Gasteiger partial charge on any atom is -0.345 e. The highest BCUT2D eigenvalue weighted by atomic mass is 16.1. The van der Waals surface area contributed by atoms with Crippen LogP contribution < -0.4 is 5.32 Å². The first-order chi connectivity index (χ1) is 10.2. The molecule has 3 heterocycles. The fourth-order valence-corrected chi connectivity index (χ4v) is 2.65. The highest BCUT2D eigenvalue weighted by Gasteiger charge is 2.17. The van der Waals surface area contributed by atoms with Gasteiger partial charge in [-0.2, -0.15) is 5.10 Å². The van der Waals surface area contributed by atoms with Crippen LogP contribution in [-0.2, 0) is 26.6 Å². The summed E-state index contributed by atoms with van der Waals surface area (Å²) in [7, 11) is 1.82. The van der Waals surface area contributed by atoms with Crippen molar-refractivity contribution in [2.75, 3.05) is 0 Å². The molecule has 2 aromatic heterocycles. The number of nitrogens with zero attached hydrogens (tertiary/aromatic N) is 5. The Morgan fingerprint density at radius 3 is 2.95 bits per heavy atom. The number of carbonyl (C=O) groups is 1. The summed E-state index contributed by atoms with van der Waals surface area (Å²) in [6.45, 7) is 3.23. The number of hydrogen-bond donors (Lipinski definition) is 1. The van der Waals surface area contributed by atoms with Gasteiger partial charge in [0.2, 0.25) is 0 Å². The lowest BCUT2D eigenvalue weighted by molar-refractivity contribution is 0.0948. The summed E-state index contributed by atoms with van der Waals surface area (Å²) < 4.78 is 3.83. The molecule has 0 aromatic carbocycles. The SMILES string of the molecule is Cc1c(C(=O)NCc2nnc3n2CCCCC3)cnn1C. The van der Waals surface area contributed by atoms with Crippen molar-refractivity contribution in [2.24, 2.45) is 7.05 Å². The predicted molar refractivity (Wildman–Crippen MR) is 76.7 cm³/mol. The van der Waals surface area contributed by atoms with E-state index in [4.69, 9.17) is 0 Å². The average molecular weight is 288 g/mol. The summed E-state index contributed by atoms with van der Waals surface area (Å²) >= 11 is 0. The van der Waals surface area contributed by atoms with Crippen molar-refractivity contribution in [1.82, 2.24) is 29.9 Å². The van der Waals surface area contributed by atoms with Crippen LogP contribution in [0.3, 0.4) is 0 Å². The van der Waals surface area contributed by atoms with Crippen LogP contribution in [0.1, 0.15) is 47.0 Å². The number of amides is 1. The van der Waals surface area contributed by atoms with Crippen LogP contribution in [0.2, 0.25) is 0 Å². The standard InChI is InChI=1S/C14H20N6O/c1-10-11(8-16-19(10)2)14(21)15-9-13-18-17-12-6-4-3-5-7-20(12)13/h8H,3-7,9H2,1-2H3,(H,15,21). The van der Waals surface area contributed by atoms with Gasteiger partial charge in [-0.05, 0) is 19.8 Å². The normalized spacial score (nSPS) is 14.6. The molecule has 7 nitrogen and oxygen atoms in total. The van der Waals surface area contributed by atoms with Crippen LogP contribution in [0, 0.1) is 6.92 Å². The summed E-state index contributed by atoms with van der Waals surface area (Å²) in [5.74, 6) is 1.75. The topological polar surface area (TPSA) is 77.6 Å². The van der Waals surface area contributed by atoms with Crippen molar-refractivity contribution in [1.29, 1.82) is 0 Å².